The highest BCUT2D eigenvalue weighted by Gasteiger charge is 2.04. The Kier molecular flexibility index (Phi) is 4.26. The number of ketones is 1. The number of hydrogen-bond acceptors (Lipinski definition) is 3. The van der Waals surface area contributed by atoms with E-state index < -0.39 is 0 Å². The van der Waals surface area contributed by atoms with Gasteiger partial charge in [0.1, 0.15) is 5.78 Å². The molecule has 0 unspecified atom stereocenters. The van der Waals surface area contributed by atoms with Crippen molar-refractivity contribution in [1.82, 2.24) is 9.88 Å². The van der Waals surface area contributed by atoms with Gasteiger partial charge in [0.25, 0.3) is 0 Å². The summed E-state index contributed by atoms with van der Waals surface area (Å²) < 4.78 is 0. The van der Waals surface area contributed by atoms with Gasteiger partial charge in [0.15, 0.2) is 0 Å². The van der Waals surface area contributed by atoms with Gasteiger partial charge in [0, 0.05) is 25.4 Å². The standard InChI is InChI=1S/C11H16N2O/c1-3-11(14)9-13(2)8-10-4-6-12-7-5-10/h4-7H,3,8-9H2,1-2H3. The molecule has 0 amide bonds. The minimum Gasteiger partial charge on any atom is -0.298 e. The molecular formula is C11H16N2O. The number of carbonyl (C=O) groups excluding carboxylic acids is 1. The molecule has 0 saturated carbocycles. The molecule has 0 spiro atoms. The molecule has 76 valence electrons. The van der Waals surface area contributed by atoms with Crippen molar-refractivity contribution in [3.63, 3.8) is 0 Å². The maximum Gasteiger partial charge on any atom is 0.146 e. The Balaban J connectivity index is 2.41. The summed E-state index contributed by atoms with van der Waals surface area (Å²) in [5, 5.41) is 0. The number of rotatable bonds is 5. The van der Waals surface area contributed by atoms with E-state index in [1.54, 1.807) is 12.4 Å². The predicted molar refractivity (Wildman–Crippen MR) is 55.9 cm³/mol. The molecule has 14 heavy (non-hydrogen) atoms. The Hall–Kier alpha value is -1.22. The first-order valence-electron chi connectivity index (χ1n) is 4.81. The second kappa shape index (κ2) is 5.50. The first-order chi connectivity index (χ1) is 6.72. The summed E-state index contributed by atoms with van der Waals surface area (Å²) in [6, 6.07) is 3.93. The van der Waals surface area contributed by atoms with Crippen molar-refractivity contribution in [3.8, 4) is 0 Å². The van der Waals surface area contributed by atoms with Crippen LogP contribution in [0.4, 0.5) is 0 Å². The molecule has 0 aliphatic heterocycles. The largest absolute Gasteiger partial charge is 0.298 e. The van der Waals surface area contributed by atoms with Crippen LogP contribution in [-0.4, -0.2) is 29.3 Å². The highest BCUT2D eigenvalue weighted by atomic mass is 16.1. The van der Waals surface area contributed by atoms with Crippen molar-refractivity contribution in [1.29, 1.82) is 0 Å². The Bertz CT molecular complexity index is 285. The first-order valence-corrected chi connectivity index (χ1v) is 4.81. The number of likely N-dealkylation sites (N-methyl/N-ethyl adjacent to an activating group) is 1. The fraction of sp³-hybridized carbons (Fsp3) is 0.455. The molecule has 0 N–H and O–H groups in total. The Morgan fingerprint density at radius 3 is 2.64 bits per heavy atom. The van der Waals surface area contributed by atoms with Crippen LogP contribution in [0.25, 0.3) is 0 Å². The highest BCUT2D eigenvalue weighted by molar-refractivity contribution is 5.80. The molecule has 0 aromatic carbocycles. The molecule has 0 radical (unpaired) electrons. The average Bonchev–Trinajstić information content (AvgIpc) is 2.19. The van der Waals surface area contributed by atoms with Crippen molar-refractivity contribution >= 4 is 5.78 Å². The first kappa shape index (κ1) is 10.9. The Labute approximate surface area is 84.8 Å². The second-order valence-electron chi connectivity index (χ2n) is 3.42. The van der Waals surface area contributed by atoms with E-state index in [4.69, 9.17) is 0 Å². The van der Waals surface area contributed by atoms with Gasteiger partial charge in [-0.05, 0) is 24.7 Å². The number of carbonyl (C=O) groups is 1. The van der Waals surface area contributed by atoms with E-state index in [0.29, 0.717) is 13.0 Å². The molecular weight excluding hydrogens is 176 g/mol. The molecule has 0 aliphatic carbocycles. The molecule has 1 rings (SSSR count). The van der Waals surface area contributed by atoms with Gasteiger partial charge in [-0.2, -0.15) is 0 Å². The van der Waals surface area contributed by atoms with E-state index in [-0.39, 0.29) is 5.78 Å². The van der Waals surface area contributed by atoms with Crippen LogP contribution in [-0.2, 0) is 11.3 Å². The van der Waals surface area contributed by atoms with E-state index in [0.717, 1.165) is 6.54 Å². The summed E-state index contributed by atoms with van der Waals surface area (Å²) in [5.74, 6) is 0.279. The number of Topliss-reactive ketones (excluding diaryl/α,β-unsaturated/α-hetero) is 1. The van der Waals surface area contributed by atoms with Crippen LogP contribution in [0.3, 0.4) is 0 Å². The van der Waals surface area contributed by atoms with Crippen molar-refractivity contribution in [2.75, 3.05) is 13.6 Å². The van der Waals surface area contributed by atoms with Gasteiger partial charge in [-0.15, -0.1) is 0 Å². The minimum absolute atomic E-state index is 0.279. The van der Waals surface area contributed by atoms with Crippen molar-refractivity contribution < 1.29 is 4.79 Å². The van der Waals surface area contributed by atoms with E-state index >= 15 is 0 Å². The number of pyridine rings is 1. The topological polar surface area (TPSA) is 33.2 Å². The monoisotopic (exact) mass is 192 g/mol. The minimum atomic E-state index is 0.279. The molecule has 0 fully saturated rings. The zero-order valence-corrected chi connectivity index (χ0v) is 8.73. The van der Waals surface area contributed by atoms with Gasteiger partial charge in [-0.25, -0.2) is 0 Å². The number of aromatic nitrogens is 1. The fourth-order valence-corrected chi connectivity index (χ4v) is 1.27. The third kappa shape index (κ3) is 3.66. The van der Waals surface area contributed by atoms with E-state index in [9.17, 15) is 4.79 Å². The summed E-state index contributed by atoms with van der Waals surface area (Å²) in [6.45, 7) is 3.22. The SMILES string of the molecule is CCC(=O)CN(C)Cc1ccncc1. The summed E-state index contributed by atoms with van der Waals surface area (Å²) >= 11 is 0. The van der Waals surface area contributed by atoms with Crippen molar-refractivity contribution in [2.24, 2.45) is 0 Å². The highest BCUT2D eigenvalue weighted by Crippen LogP contribution is 2.00. The molecule has 0 saturated heterocycles. The average molecular weight is 192 g/mol. The fourth-order valence-electron chi connectivity index (χ4n) is 1.27. The van der Waals surface area contributed by atoms with Crippen molar-refractivity contribution in [3.05, 3.63) is 30.1 Å². The molecule has 3 nitrogen and oxygen atoms in total. The lowest BCUT2D eigenvalue weighted by Crippen LogP contribution is -2.24. The van der Waals surface area contributed by atoms with Crippen LogP contribution in [0, 0.1) is 0 Å². The van der Waals surface area contributed by atoms with Gasteiger partial charge >= 0.3 is 0 Å². The predicted octanol–water partition coefficient (Wildman–Crippen LogP) is 1.49. The lowest BCUT2D eigenvalue weighted by molar-refractivity contribution is -0.119. The maximum absolute atomic E-state index is 11.2. The van der Waals surface area contributed by atoms with Gasteiger partial charge in [0.2, 0.25) is 0 Å². The smallest absolute Gasteiger partial charge is 0.146 e. The number of nitrogens with zero attached hydrogens (tertiary/aromatic N) is 2. The summed E-state index contributed by atoms with van der Waals surface area (Å²) in [6.07, 6.45) is 4.15. The van der Waals surface area contributed by atoms with Gasteiger partial charge in [0.05, 0.1) is 6.54 Å². The summed E-state index contributed by atoms with van der Waals surface area (Å²) in [4.78, 5) is 17.1. The van der Waals surface area contributed by atoms with Crippen molar-refractivity contribution in [2.45, 2.75) is 19.9 Å². The van der Waals surface area contributed by atoms with Crippen LogP contribution >= 0.6 is 0 Å². The summed E-state index contributed by atoms with van der Waals surface area (Å²) in [5.41, 5.74) is 1.19. The van der Waals surface area contributed by atoms with Crippen LogP contribution in [0.5, 0.6) is 0 Å². The third-order valence-electron chi connectivity index (χ3n) is 2.04. The van der Waals surface area contributed by atoms with Gasteiger partial charge in [-0.3, -0.25) is 14.7 Å². The van der Waals surface area contributed by atoms with Crippen LogP contribution in [0.1, 0.15) is 18.9 Å². The zero-order chi connectivity index (χ0) is 10.4. The number of hydrogen-bond donors (Lipinski definition) is 0. The van der Waals surface area contributed by atoms with E-state index in [2.05, 4.69) is 4.98 Å². The van der Waals surface area contributed by atoms with Gasteiger partial charge < -0.3 is 0 Å². The quantitative estimate of drug-likeness (QED) is 0.708. The lowest BCUT2D eigenvalue weighted by atomic mass is 10.2. The molecule has 3 heteroatoms. The van der Waals surface area contributed by atoms with Crippen LogP contribution < -0.4 is 0 Å². The van der Waals surface area contributed by atoms with E-state index in [1.165, 1.54) is 5.56 Å². The molecule has 0 bridgehead atoms. The molecule has 1 heterocycles. The third-order valence-corrected chi connectivity index (χ3v) is 2.04. The summed E-state index contributed by atoms with van der Waals surface area (Å²) in [7, 11) is 1.95. The second-order valence-corrected chi connectivity index (χ2v) is 3.42. The molecule has 1 aromatic heterocycles. The zero-order valence-electron chi connectivity index (χ0n) is 8.73. The molecule has 0 atom stereocenters. The maximum atomic E-state index is 11.2. The Morgan fingerprint density at radius 2 is 2.07 bits per heavy atom. The van der Waals surface area contributed by atoms with E-state index in [1.807, 2.05) is 31.0 Å². The lowest BCUT2D eigenvalue weighted by Gasteiger charge is -2.14. The Morgan fingerprint density at radius 1 is 1.43 bits per heavy atom. The van der Waals surface area contributed by atoms with Crippen LogP contribution in [0.15, 0.2) is 24.5 Å². The molecule has 0 aliphatic rings. The van der Waals surface area contributed by atoms with Crippen LogP contribution in [0.2, 0.25) is 0 Å². The van der Waals surface area contributed by atoms with Gasteiger partial charge in [-0.1, -0.05) is 6.92 Å². The molecule has 1 aromatic rings. The normalized spacial score (nSPS) is 10.5.